The van der Waals surface area contributed by atoms with Gasteiger partial charge in [-0.25, -0.2) is 4.98 Å². The number of aliphatic imine (C=N–C) groups is 1. The van der Waals surface area contributed by atoms with Crippen LogP contribution in [0.3, 0.4) is 0 Å². The van der Waals surface area contributed by atoms with Crippen LogP contribution in [-0.4, -0.2) is 36.1 Å². The highest BCUT2D eigenvalue weighted by molar-refractivity contribution is 6.10. The van der Waals surface area contributed by atoms with Crippen molar-refractivity contribution >= 4 is 28.1 Å². The van der Waals surface area contributed by atoms with Crippen LogP contribution in [0.5, 0.6) is 0 Å². The lowest BCUT2D eigenvalue weighted by Crippen LogP contribution is -2.13. The number of benzene rings is 1. The van der Waals surface area contributed by atoms with Gasteiger partial charge in [0.15, 0.2) is 5.84 Å². The Labute approximate surface area is 146 Å². The molecule has 0 unspecified atom stereocenters. The standard InChI is InChI=1S/C19H19N5O/c1-25-10-9-22-18-16-5-4-15(11-13(16)6-8-21-18)24-19-17-14(12-23-19)3-2-7-20-17/h2-8,11H,9-10,12H2,1H3,(H,21,22)(H,23,24). The average Bonchev–Trinajstić information content (AvgIpc) is 3.05. The highest BCUT2D eigenvalue weighted by atomic mass is 16.5. The molecule has 0 saturated carbocycles. The number of nitrogens with one attached hydrogen (secondary N) is 2. The summed E-state index contributed by atoms with van der Waals surface area (Å²) >= 11 is 0. The Bertz CT molecular complexity index is 938. The number of rotatable bonds is 5. The third-order valence-electron chi connectivity index (χ3n) is 4.15. The first-order valence-corrected chi connectivity index (χ1v) is 8.22. The monoisotopic (exact) mass is 333 g/mol. The number of aromatic nitrogens is 2. The smallest absolute Gasteiger partial charge is 0.152 e. The summed E-state index contributed by atoms with van der Waals surface area (Å²) in [5, 5.41) is 8.88. The number of nitrogens with zero attached hydrogens (tertiary/aromatic N) is 3. The summed E-state index contributed by atoms with van der Waals surface area (Å²) in [5.74, 6) is 1.69. The van der Waals surface area contributed by atoms with E-state index in [4.69, 9.17) is 4.74 Å². The minimum Gasteiger partial charge on any atom is -0.383 e. The van der Waals surface area contributed by atoms with E-state index < -0.39 is 0 Å². The second-order valence-corrected chi connectivity index (χ2v) is 5.82. The van der Waals surface area contributed by atoms with E-state index in [0.717, 1.165) is 45.9 Å². The highest BCUT2D eigenvalue weighted by Gasteiger charge is 2.16. The number of anilines is 2. The van der Waals surface area contributed by atoms with Crippen molar-refractivity contribution in [1.29, 1.82) is 0 Å². The molecule has 0 fully saturated rings. The quantitative estimate of drug-likeness (QED) is 0.702. The fourth-order valence-electron chi connectivity index (χ4n) is 2.92. The molecule has 126 valence electrons. The van der Waals surface area contributed by atoms with Crippen LogP contribution in [0.1, 0.15) is 11.3 Å². The van der Waals surface area contributed by atoms with E-state index in [-0.39, 0.29) is 0 Å². The van der Waals surface area contributed by atoms with Crippen LogP contribution in [0.25, 0.3) is 10.8 Å². The molecule has 25 heavy (non-hydrogen) atoms. The zero-order valence-corrected chi connectivity index (χ0v) is 14.0. The molecule has 0 spiro atoms. The third kappa shape index (κ3) is 3.16. The second-order valence-electron chi connectivity index (χ2n) is 5.82. The Morgan fingerprint density at radius 2 is 2.08 bits per heavy atom. The Kier molecular flexibility index (Phi) is 4.26. The predicted molar refractivity (Wildman–Crippen MR) is 100 cm³/mol. The lowest BCUT2D eigenvalue weighted by atomic mass is 10.1. The number of hydrogen-bond donors (Lipinski definition) is 2. The Morgan fingerprint density at radius 1 is 1.12 bits per heavy atom. The number of methoxy groups -OCH3 is 1. The maximum absolute atomic E-state index is 5.08. The van der Waals surface area contributed by atoms with Gasteiger partial charge in [-0.2, -0.15) is 0 Å². The summed E-state index contributed by atoms with van der Waals surface area (Å²) in [7, 11) is 1.69. The fraction of sp³-hybridized carbons (Fsp3) is 0.211. The Balaban J connectivity index is 1.58. The van der Waals surface area contributed by atoms with Crippen LogP contribution in [0.15, 0.2) is 53.8 Å². The van der Waals surface area contributed by atoms with Crippen LogP contribution < -0.4 is 10.6 Å². The molecule has 4 rings (SSSR count). The van der Waals surface area contributed by atoms with Crippen molar-refractivity contribution in [2.24, 2.45) is 4.99 Å². The predicted octanol–water partition coefficient (Wildman–Crippen LogP) is 3.06. The van der Waals surface area contributed by atoms with Crippen molar-refractivity contribution < 1.29 is 4.74 Å². The molecular weight excluding hydrogens is 314 g/mol. The van der Waals surface area contributed by atoms with Crippen molar-refractivity contribution in [2.75, 3.05) is 30.9 Å². The normalized spacial score (nSPS) is 12.8. The molecule has 0 bridgehead atoms. The Hall–Kier alpha value is -2.99. The van der Waals surface area contributed by atoms with Crippen molar-refractivity contribution in [3.05, 3.63) is 60.0 Å². The highest BCUT2D eigenvalue weighted by Crippen LogP contribution is 2.25. The van der Waals surface area contributed by atoms with Crippen LogP contribution in [0.4, 0.5) is 11.5 Å². The lowest BCUT2D eigenvalue weighted by Gasteiger charge is -2.11. The van der Waals surface area contributed by atoms with E-state index in [1.165, 1.54) is 0 Å². The van der Waals surface area contributed by atoms with Crippen LogP contribution in [0.2, 0.25) is 0 Å². The summed E-state index contributed by atoms with van der Waals surface area (Å²) < 4.78 is 5.08. The van der Waals surface area contributed by atoms with E-state index in [1.807, 2.05) is 24.4 Å². The van der Waals surface area contributed by atoms with Gasteiger partial charge in [0, 0.05) is 42.7 Å². The molecule has 0 atom stereocenters. The van der Waals surface area contributed by atoms with Gasteiger partial charge in [-0.3, -0.25) is 9.98 Å². The molecule has 0 radical (unpaired) electrons. The molecule has 1 aromatic carbocycles. The lowest BCUT2D eigenvalue weighted by molar-refractivity contribution is 0.210. The first-order chi connectivity index (χ1) is 12.3. The molecule has 6 heteroatoms. The van der Waals surface area contributed by atoms with E-state index in [0.29, 0.717) is 13.2 Å². The molecule has 0 aliphatic carbocycles. The molecule has 1 aliphatic rings. The summed E-state index contributed by atoms with van der Waals surface area (Å²) in [6.07, 6.45) is 3.61. The topological polar surface area (TPSA) is 71.4 Å². The average molecular weight is 333 g/mol. The Morgan fingerprint density at radius 3 is 3.00 bits per heavy atom. The molecule has 1 aliphatic heterocycles. The second kappa shape index (κ2) is 6.86. The molecular formula is C19H19N5O. The summed E-state index contributed by atoms with van der Waals surface area (Å²) in [6, 6.07) is 12.2. The van der Waals surface area contributed by atoms with E-state index in [2.05, 4.69) is 43.8 Å². The first-order valence-electron chi connectivity index (χ1n) is 8.22. The van der Waals surface area contributed by atoms with Gasteiger partial charge in [0.25, 0.3) is 0 Å². The number of ether oxygens (including phenoxy) is 1. The van der Waals surface area contributed by atoms with E-state index >= 15 is 0 Å². The zero-order valence-electron chi connectivity index (χ0n) is 14.0. The van der Waals surface area contributed by atoms with Gasteiger partial charge in [-0.05, 0) is 35.7 Å². The minimum absolute atomic E-state index is 0.643. The molecule has 0 amide bonds. The summed E-state index contributed by atoms with van der Waals surface area (Å²) in [6.45, 7) is 2.04. The van der Waals surface area contributed by atoms with Crippen LogP contribution >= 0.6 is 0 Å². The molecule has 2 N–H and O–H groups in total. The molecule has 3 heterocycles. The number of hydrogen-bond acceptors (Lipinski definition) is 6. The third-order valence-corrected chi connectivity index (χ3v) is 4.15. The number of fused-ring (bicyclic) bond motifs is 2. The molecule has 0 saturated heterocycles. The van der Waals surface area contributed by atoms with Crippen molar-refractivity contribution in [3.8, 4) is 0 Å². The number of pyridine rings is 2. The van der Waals surface area contributed by atoms with Crippen LogP contribution in [-0.2, 0) is 11.3 Å². The van der Waals surface area contributed by atoms with Crippen molar-refractivity contribution in [3.63, 3.8) is 0 Å². The molecule has 2 aromatic heterocycles. The van der Waals surface area contributed by atoms with Gasteiger partial charge in [-0.15, -0.1) is 0 Å². The van der Waals surface area contributed by atoms with Gasteiger partial charge in [-0.1, -0.05) is 6.07 Å². The van der Waals surface area contributed by atoms with Crippen molar-refractivity contribution in [1.82, 2.24) is 9.97 Å². The molecule has 3 aromatic rings. The largest absolute Gasteiger partial charge is 0.383 e. The first kappa shape index (κ1) is 15.5. The van der Waals surface area contributed by atoms with Gasteiger partial charge >= 0.3 is 0 Å². The van der Waals surface area contributed by atoms with Gasteiger partial charge in [0.05, 0.1) is 13.2 Å². The summed E-state index contributed by atoms with van der Waals surface area (Å²) in [5.41, 5.74) is 3.07. The van der Waals surface area contributed by atoms with Gasteiger partial charge < -0.3 is 15.4 Å². The van der Waals surface area contributed by atoms with Gasteiger partial charge in [0.1, 0.15) is 11.5 Å². The molecule has 6 nitrogen and oxygen atoms in total. The fourth-order valence-corrected chi connectivity index (χ4v) is 2.92. The number of amidine groups is 1. The van der Waals surface area contributed by atoms with Crippen LogP contribution in [0, 0.1) is 0 Å². The maximum atomic E-state index is 5.08. The maximum Gasteiger partial charge on any atom is 0.152 e. The van der Waals surface area contributed by atoms with E-state index in [9.17, 15) is 0 Å². The van der Waals surface area contributed by atoms with E-state index in [1.54, 1.807) is 13.3 Å². The zero-order chi connectivity index (χ0) is 17.1. The minimum atomic E-state index is 0.643. The van der Waals surface area contributed by atoms with Gasteiger partial charge in [0.2, 0.25) is 0 Å². The van der Waals surface area contributed by atoms with Crippen molar-refractivity contribution in [2.45, 2.75) is 6.54 Å². The SMILES string of the molecule is COCCNc1nccc2cc(NC3=NCc4cccnc43)ccc12. The summed E-state index contributed by atoms with van der Waals surface area (Å²) in [4.78, 5) is 13.4.